The lowest BCUT2D eigenvalue weighted by molar-refractivity contribution is 0.0872. The van der Waals surface area contributed by atoms with Crippen LogP contribution >= 0.6 is 0 Å². The highest BCUT2D eigenvalue weighted by Crippen LogP contribution is 2.04. The van der Waals surface area contributed by atoms with Crippen LogP contribution in [0, 0.1) is 0 Å². The maximum absolute atomic E-state index is 11.7. The van der Waals surface area contributed by atoms with Gasteiger partial charge in [0.05, 0.1) is 0 Å². The predicted octanol–water partition coefficient (Wildman–Crippen LogP) is -1.22. The second-order valence-electron chi connectivity index (χ2n) is 4.44. The Hall–Kier alpha value is -1.47. The Labute approximate surface area is 100 Å². The van der Waals surface area contributed by atoms with E-state index < -0.39 is 0 Å². The number of aromatic nitrogens is 3. The van der Waals surface area contributed by atoms with E-state index in [2.05, 4.69) is 44.4 Å². The Morgan fingerprint density at radius 1 is 1.59 bits per heavy atom. The lowest BCUT2D eigenvalue weighted by Crippen LogP contribution is -2.54. The van der Waals surface area contributed by atoms with Crippen LogP contribution in [0.4, 0.5) is 0 Å². The molecular formula is C10H18N6O. The van der Waals surface area contributed by atoms with Crippen LogP contribution in [0.5, 0.6) is 0 Å². The SMILES string of the molecule is CN1CCN(C)C(CNC(=O)c2ncn[nH]2)C1. The molecule has 1 unspecified atom stereocenters. The van der Waals surface area contributed by atoms with Crippen LogP contribution < -0.4 is 5.32 Å². The van der Waals surface area contributed by atoms with Crippen molar-refractivity contribution in [1.82, 2.24) is 30.3 Å². The van der Waals surface area contributed by atoms with Gasteiger partial charge in [-0.1, -0.05) is 0 Å². The van der Waals surface area contributed by atoms with E-state index in [4.69, 9.17) is 0 Å². The molecule has 1 saturated heterocycles. The van der Waals surface area contributed by atoms with E-state index in [9.17, 15) is 4.79 Å². The van der Waals surface area contributed by atoms with E-state index in [1.807, 2.05) is 0 Å². The average Bonchev–Trinajstić information content (AvgIpc) is 2.83. The minimum atomic E-state index is -0.205. The second kappa shape index (κ2) is 5.24. The fraction of sp³-hybridized carbons (Fsp3) is 0.700. The topological polar surface area (TPSA) is 77.2 Å². The van der Waals surface area contributed by atoms with Crippen molar-refractivity contribution in [3.8, 4) is 0 Å². The van der Waals surface area contributed by atoms with Gasteiger partial charge in [-0.05, 0) is 14.1 Å². The summed E-state index contributed by atoms with van der Waals surface area (Å²) in [4.78, 5) is 20.0. The number of rotatable bonds is 3. The van der Waals surface area contributed by atoms with Crippen LogP contribution in [-0.4, -0.2) is 77.2 Å². The number of hydrogen-bond acceptors (Lipinski definition) is 5. The molecule has 0 bridgehead atoms. The first kappa shape index (κ1) is 12.0. The smallest absolute Gasteiger partial charge is 0.288 e. The zero-order valence-corrected chi connectivity index (χ0v) is 10.2. The Balaban J connectivity index is 1.83. The molecule has 1 aromatic heterocycles. The van der Waals surface area contributed by atoms with Crippen molar-refractivity contribution in [3.05, 3.63) is 12.2 Å². The van der Waals surface area contributed by atoms with Crippen LogP contribution in [0.25, 0.3) is 0 Å². The van der Waals surface area contributed by atoms with Crippen molar-refractivity contribution < 1.29 is 4.79 Å². The van der Waals surface area contributed by atoms with Gasteiger partial charge in [0.2, 0.25) is 5.82 Å². The first-order chi connectivity index (χ1) is 8.16. The first-order valence-electron chi connectivity index (χ1n) is 5.69. The number of piperazine rings is 1. The van der Waals surface area contributed by atoms with Crippen molar-refractivity contribution >= 4 is 5.91 Å². The molecule has 1 aliphatic heterocycles. The minimum absolute atomic E-state index is 0.205. The summed E-state index contributed by atoms with van der Waals surface area (Å²) in [6.45, 7) is 3.69. The lowest BCUT2D eigenvalue weighted by Gasteiger charge is -2.37. The van der Waals surface area contributed by atoms with Gasteiger partial charge in [0.15, 0.2) is 0 Å². The number of nitrogens with one attached hydrogen (secondary N) is 2. The van der Waals surface area contributed by atoms with Crippen LogP contribution in [-0.2, 0) is 0 Å². The number of nitrogens with zero attached hydrogens (tertiary/aromatic N) is 4. The van der Waals surface area contributed by atoms with E-state index in [0.29, 0.717) is 12.6 Å². The fourth-order valence-corrected chi connectivity index (χ4v) is 1.93. The van der Waals surface area contributed by atoms with Crippen LogP contribution in [0.3, 0.4) is 0 Å². The Morgan fingerprint density at radius 2 is 2.41 bits per heavy atom. The van der Waals surface area contributed by atoms with E-state index in [1.165, 1.54) is 6.33 Å². The molecule has 1 amide bonds. The van der Waals surface area contributed by atoms with E-state index in [0.717, 1.165) is 19.6 Å². The zero-order chi connectivity index (χ0) is 12.3. The Morgan fingerprint density at radius 3 is 3.12 bits per heavy atom. The molecule has 0 radical (unpaired) electrons. The molecule has 1 atom stereocenters. The quantitative estimate of drug-likeness (QED) is 0.690. The predicted molar refractivity (Wildman–Crippen MR) is 62.6 cm³/mol. The summed E-state index contributed by atoms with van der Waals surface area (Å²) in [7, 11) is 4.18. The number of carbonyl (C=O) groups is 1. The molecule has 7 nitrogen and oxygen atoms in total. The molecule has 0 saturated carbocycles. The Bertz CT molecular complexity index is 365. The third-order valence-corrected chi connectivity index (χ3v) is 3.11. The largest absolute Gasteiger partial charge is 0.348 e. The summed E-state index contributed by atoms with van der Waals surface area (Å²) in [6.07, 6.45) is 1.33. The average molecular weight is 238 g/mol. The van der Waals surface area contributed by atoms with Crippen molar-refractivity contribution in [3.63, 3.8) is 0 Å². The lowest BCUT2D eigenvalue weighted by atomic mass is 10.2. The summed E-state index contributed by atoms with van der Waals surface area (Å²) in [6, 6.07) is 0.348. The van der Waals surface area contributed by atoms with Gasteiger partial charge in [-0.2, -0.15) is 5.10 Å². The van der Waals surface area contributed by atoms with E-state index >= 15 is 0 Å². The summed E-state index contributed by atoms with van der Waals surface area (Å²) < 4.78 is 0. The zero-order valence-electron chi connectivity index (χ0n) is 10.2. The van der Waals surface area contributed by atoms with Crippen LogP contribution in [0.2, 0.25) is 0 Å². The third-order valence-electron chi connectivity index (χ3n) is 3.11. The summed E-state index contributed by atoms with van der Waals surface area (Å²) in [5.41, 5.74) is 0. The number of H-pyrrole nitrogens is 1. The van der Waals surface area contributed by atoms with Gasteiger partial charge in [-0.25, -0.2) is 4.98 Å². The molecule has 0 spiro atoms. The van der Waals surface area contributed by atoms with Crippen LogP contribution in [0.15, 0.2) is 6.33 Å². The molecule has 17 heavy (non-hydrogen) atoms. The maximum atomic E-state index is 11.7. The highest BCUT2D eigenvalue weighted by atomic mass is 16.2. The second-order valence-corrected chi connectivity index (χ2v) is 4.44. The van der Waals surface area contributed by atoms with Gasteiger partial charge in [0.25, 0.3) is 5.91 Å². The van der Waals surface area contributed by atoms with Gasteiger partial charge in [0, 0.05) is 32.2 Å². The monoisotopic (exact) mass is 238 g/mol. The molecule has 1 aromatic rings. The highest BCUT2D eigenvalue weighted by Gasteiger charge is 2.22. The van der Waals surface area contributed by atoms with Gasteiger partial charge < -0.3 is 10.2 Å². The van der Waals surface area contributed by atoms with Crippen LogP contribution in [0.1, 0.15) is 10.6 Å². The maximum Gasteiger partial charge on any atom is 0.288 e. The third kappa shape index (κ3) is 3.01. The number of carbonyl (C=O) groups excluding carboxylic acids is 1. The summed E-state index contributed by atoms with van der Waals surface area (Å²) in [5.74, 6) is 0.0564. The molecule has 2 N–H and O–H groups in total. The number of amides is 1. The molecule has 1 fully saturated rings. The molecule has 7 heteroatoms. The number of aromatic amines is 1. The Kier molecular flexibility index (Phi) is 3.70. The van der Waals surface area contributed by atoms with Crippen molar-refractivity contribution in [2.45, 2.75) is 6.04 Å². The number of likely N-dealkylation sites (N-methyl/N-ethyl adjacent to an activating group) is 2. The molecule has 0 aromatic carbocycles. The molecule has 94 valence electrons. The molecule has 0 aliphatic carbocycles. The van der Waals surface area contributed by atoms with Crippen molar-refractivity contribution in [2.24, 2.45) is 0 Å². The van der Waals surface area contributed by atoms with Crippen molar-refractivity contribution in [2.75, 3.05) is 40.3 Å². The molecular weight excluding hydrogens is 220 g/mol. The molecule has 1 aliphatic rings. The standard InChI is InChI=1S/C10H18N6O/c1-15-3-4-16(2)8(6-15)5-11-10(17)9-12-7-13-14-9/h7-8H,3-6H2,1-2H3,(H,11,17)(H,12,13,14). The first-order valence-corrected chi connectivity index (χ1v) is 5.69. The van der Waals surface area contributed by atoms with Gasteiger partial charge >= 0.3 is 0 Å². The van der Waals surface area contributed by atoms with Gasteiger partial charge in [0.1, 0.15) is 6.33 Å². The van der Waals surface area contributed by atoms with Gasteiger partial charge in [-0.3, -0.25) is 14.8 Å². The van der Waals surface area contributed by atoms with Crippen molar-refractivity contribution in [1.29, 1.82) is 0 Å². The minimum Gasteiger partial charge on any atom is -0.348 e. The molecule has 2 rings (SSSR count). The fourth-order valence-electron chi connectivity index (χ4n) is 1.93. The normalized spacial score (nSPS) is 22.6. The molecule has 2 heterocycles. The highest BCUT2D eigenvalue weighted by molar-refractivity contribution is 5.90. The number of hydrogen-bond donors (Lipinski definition) is 2. The summed E-state index contributed by atoms with van der Waals surface area (Å²) >= 11 is 0. The van der Waals surface area contributed by atoms with E-state index in [1.54, 1.807) is 0 Å². The van der Waals surface area contributed by atoms with E-state index in [-0.39, 0.29) is 11.7 Å². The van der Waals surface area contributed by atoms with Gasteiger partial charge in [-0.15, -0.1) is 0 Å². The summed E-state index contributed by atoms with van der Waals surface area (Å²) in [5, 5.41) is 9.06.